The van der Waals surface area contributed by atoms with E-state index in [0.29, 0.717) is 5.56 Å². The molecule has 4 heteroatoms. The number of benzene rings is 3. The van der Waals surface area contributed by atoms with Crippen LogP contribution in [0.2, 0.25) is 0 Å². The van der Waals surface area contributed by atoms with Crippen LogP contribution in [0.15, 0.2) is 87.5 Å². The highest BCUT2D eigenvalue weighted by atomic mass is 32.2. The van der Waals surface area contributed by atoms with E-state index in [4.69, 9.17) is 10.5 Å². The molecule has 0 bridgehead atoms. The standard InChI is InChI=1S/C21H18NO2S/c1-24-21(23)14-11-12-19-17(13-14)20(22)16-9-5-6-10-18(16)25(19)15-7-3-2-4-8-15/h2-13,20H,22H2,1H3/q+1. The molecule has 3 aromatic rings. The molecule has 0 amide bonds. The van der Waals surface area contributed by atoms with Crippen molar-refractivity contribution >= 4 is 16.9 Å². The first kappa shape index (κ1) is 15.9. The molecule has 0 saturated heterocycles. The summed E-state index contributed by atoms with van der Waals surface area (Å²) in [5.74, 6) is -0.339. The molecule has 1 heterocycles. The minimum absolute atomic E-state index is 0.234. The van der Waals surface area contributed by atoms with Crippen LogP contribution in [0.1, 0.15) is 27.5 Å². The molecule has 3 aromatic carbocycles. The van der Waals surface area contributed by atoms with E-state index in [1.54, 1.807) is 0 Å². The summed E-state index contributed by atoms with van der Waals surface area (Å²) in [5, 5.41) is 0. The van der Waals surface area contributed by atoms with Gasteiger partial charge in [-0.15, -0.1) is 0 Å². The summed E-state index contributed by atoms with van der Waals surface area (Å²) in [5.41, 5.74) is 9.21. The maximum atomic E-state index is 11.9. The van der Waals surface area contributed by atoms with Gasteiger partial charge in [0, 0.05) is 11.1 Å². The van der Waals surface area contributed by atoms with Crippen LogP contribution in [-0.2, 0) is 15.6 Å². The van der Waals surface area contributed by atoms with Gasteiger partial charge in [-0.1, -0.05) is 36.4 Å². The fourth-order valence-corrected chi connectivity index (χ4v) is 5.69. The van der Waals surface area contributed by atoms with Gasteiger partial charge in [-0.05, 0) is 36.4 Å². The molecule has 25 heavy (non-hydrogen) atoms. The third-order valence-electron chi connectivity index (χ3n) is 4.44. The van der Waals surface area contributed by atoms with Crippen molar-refractivity contribution in [1.29, 1.82) is 0 Å². The average molecular weight is 348 g/mol. The summed E-state index contributed by atoms with van der Waals surface area (Å²) < 4.78 is 4.87. The third-order valence-corrected chi connectivity index (χ3v) is 6.81. The zero-order valence-corrected chi connectivity index (χ0v) is 14.6. The van der Waals surface area contributed by atoms with E-state index >= 15 is 0 Å². The highest BCUT2D eigenvalue weighted by Crippen LogP contribution is 2.44. The number of carbonyl (C=O) groups excluding carboxylic acids is 1. The van der Waals surface area contributed by atoms with Crippen molar-refractivity contribution < 1.29 is 9.53 Å². The van der Waals surface area contributed by atoms with Crippen molar-refractivity contribution in [3.63, 3.8) is 0 Å². The Hall–Kier alpha value is -2.56. The first-order chi connectivity index (χ1) is 12.2. The molecule has 4 rings (SSSR count). The van der Waals surface area contributed by atoms with Crippen LogP contribution >= 0.6 is 0 Å². The average Bonchev–Trinajstić information content (AvgIpc) is 2.68. The fraction of sp³-hybridized carbons (Fsp3) is 0.0952. The van der Waals surface area contributed by atoms with E-state index in [1.165, 1.54) is 21.8 Å². The van der Waals surface area contributed by atoms with Crippen molar-refractivity contribution in [3.8, 4) is 0 Å². The number of rotatable bonds is 2. The number of esters is 1. The maximum absolute atomic E-state index is 11.9. The number of hydrogen-bond acceptors (Lipinski definition) is 3. The minimum Gasteiger partial charge on any atom is -0.465 e. The van der Waals surface area contributed by atoms with Gasteiger partial charge in [-0.2, -0.15) is 0 Å². The molecule has 3 nitrogen and oxygen atoms in total. The second-order valence-electron chi connectivity index (χ2n) is 5.88. The normalized spacial score (nSPS) is 18.2. The number of carbonyl (C=O) groups is 1. The molecular weight excluding hydrogens is 330 g/mol. The zero-order valence-electron chi connectivity index (χ0n) is 13.8. The zero-order chi connectivity index (χ0) is 17.4. The van der Waals surface area contributed by atoms with Crippen LogP contribution in [0.3, 0.4) is 0 Å². The lowest BCUT2D eigenvalue weighted by Gasteiger charge is -2.24. The molecule has 0 fully saturated rings. The molecule has 1 aliphatic heterocycles. The molecule has 0 saturated carbocycles. The largest absolute Gasteiger partial charge is 0.465 e. The van der Waals surface area contributed by atoms with Gasteiger partial charge in [-0.3, -0.25) is 0 Å². The van der Waals surface area contributed by atoms with Crippen molar-refractivity contribution in [2.45, 2.75) is 20.7 Å². The van der Waals surface area contributed by atoms with Gasteiger partial charge < -0.3 is 10.5 Å². The number of nitrogens with two attached hydrogens (primary N) is 1. The van der Waals surface area contributed by atoms with Gasteiger partial charge in [0.15, 0.2) is 14.7 Å². The monoisotopic (exact) mass is 348 g/mol. The predicted molar refractivity (Wildman–Crippen MR) is 98.9 cm³/mol. The smallest absolute Gasteiger partial charge is 0.337 e. The Kier molecular flexibility index (Phi) is 4.07. The van der Waals surface area contributed by atoms with E-state index in [1.807, 2.05) is 30.3 Å². The lowest BCUT2D eigenvalue weighted by atomic mass is 9.97. The molecule has 2 N–H and O–H groups in total. The van der Waals surface area contributed by atoms with Gasteiger partial charge in [0.05, 0.1) is 29.6 Å². The van der Waals surface area contributed by atoms with Crippen LogP contribution in [0, 0.1) is 0 Å². The molecule has 2 unspecified atom stereocenters. The number of fused-ring (bicyclic) bond motifs is 2. The summed E-state index contributed by atoms with van der Waals surface area (Å²) in [6.45, 7) is 0. The lowest BCUT2D eigenvalue weighted by molar-refractivity contribution is 0.0600. The fourth-order valence-electron chi connectivity index (χ4n) is 3.24. The van der Waals surface area contributed by atoms with Crippen LogP contribution in [0.4, 0.5) is 0 Å². The van der Waals surface area contributed by atoms with Gasteiger partial charge >= 0.3 is 5.97 Å². The first-order valence-corrected chi connectivity index (χ1v) is 9.29. The first-order valence-electron chi connectivity index (χ1n) is 8.07. The minimum atomic E-state index is -0.339. The maximum Gasteiger partial charge on any atom is 0.337 e. The Morgan fingerprint density at radius 3 is 2.36 bits per heavy atom. The van der Waals surface area contributed by atoms with E-state index in [9.17, 15) is 4.79 Å². The van der Waals surface area contributed by atoms with E-state index in [2.05, 4.69) is 42.5 Å². The van der Waals surface area contributed by atoms with Crippen LogP contribution in [0.25, 0.3) is 0 Å². The Balaban J connectivity index is 1.95. The third kappa shape index (κ3) is 2.64. The Bertz CT molecular complexity index is 940. The Morgan fingerprint density at radius 2 is 1.60 bits per heavy atom. The summed E-state index contributed by atoms with van der Waals surface area (Å²) in [6, 6.07) is 24.2. The topological polar surface area (TPSA) is 52.3 Å². The summed E-state index contributed by atoms with van der Waals surface area (Å²) >= 11 is 0. The predicted octanol–water partition coefficient (Wildman–Crippen LogP) is 3.93. The van der Waals surface area contributed by atoms with Gasteiger partial charge in [0.25, 0.3) is 0 Å². The van der Waals surface area contributed by atoms with Gasteiger partial charge in [0.1, 0.15) is 0 Å². The SMILES string of the molecule is COC(=O)c1ccc2c(c1)C(N)c1ccccc1[S+]2c1ccccc1. The Labute approximate surface area is 149 Å². The number of hydrogen-bond donors (Lipinski definition) is 1. The van der Waals surface area contributed by atoms with Crippen LogP contribution in [0.5, 0.6) is 0 Å². The van der Waals surface area contributed by atoms with Crippen LogP contribution in [-0.4, -0.2) is 13.1 Å². The lowest BCUT2D eigenvalue weighted by Crippen LogP contribution is -2.25. The van der Waals surface area contributed by atoms with Crippen LogP contribution < -0.4 is 5.73 Å². The summed E-state index contributed by atoms with van der Waals surface area (Å²) in [4.78, 5) is 15.6. The molecule has 0 spiro atoms. The van der Waals surface area contributed by atoms with Crippen molar-refractivity contribution in [2.75, 3.05) is 7.11 Å². The second kappa shape index (κ2) is 6.39. The van der Waals surface area contributed by atoms with E-state index in [0.717, 1.165) is 11.1 Å². The molecule has 1 aliphatic rings. The highest BCUT2D eigenvalue weighted by Gasteiger charge is 2.40. The van der Waals surface area contributed by atoms with Gasteiger partial charge in [-0.25, -0.2) is 4.79 Å². The molecule has 2 atom stereocenters. The summed E-state index contributed by atoms with van der Waals surface area (Å²) in [7, 11) is 1.16. The second-order valence-corrected chi connectivity index (χ2v) is 7.84. The molecule has 0 aliphatic carbocycles. The number of ether oxygens (including phenoxy) is 1. The highest BCUT2D eigenvalue weighted by molar-refractivity contribution is 7.97. The molecule has 124 valence electrons. The molecule has 0 radical (unpaired) electrons. The Morgan fingerprint density at radius 1 is 0.920 bits per heavy atom. The quantitative estimate of drug-likeness (QED) is 0.564. The van der Waals surface area contributed by atoms with E-state index in [-0.39, 0.29) is 22.9 Å². The number of methoxy groups -OCH3 is 1. The summed E-state index contributed by atoms with van der Waals surface area (Å²) in [6.07, 6.45) is 0. The van der Waals surface area contributed by atoms with Crippen molar-refractivity contribution in [2.24, 2.45) is 5.73 Å². The van der Waals surface area contributed by atoms with Crippen molar-refractivity contribution in [3.05, 3.63) is 89.5 Å². The van der Waals surface area contributed by atoms with E-state index < -0.39 is 0 Å². The molecular formula is C21H18NO2S+. The van der Waals surface area contributed by atoms with Gasteiger partial charge in [0.2, 0.25) is 0 Å². The molecule has 0 aromatic heterocycles. The van der Waals surface area contributed by atoms with Crippen molar-refractivity contribution in [1.82, 2.24) is 0 Å².